The highest BCUT2D eigenvalue weighted by Gasteiger charge is 2.46. The third kappa shape index (κ3) is 7.60. The summed E-state index contributed by atoms with van der Waals surface area (Å²) in [5.41, 5.74) is -11.2. The van der Waals surface area contributed by atoms with Gasteiger partial charge >= 0.3 is 11.0 Å². The highest BCUT2D eigenvalue weighted by molar-refractivity contribution is 8.13. The van der Waals surface area contributed by atoms with Gasteiger partial charge in [-0.1, -0.05) is 13.3 Å². The van der Waals surface area contributed by atoms with Crippen molar-refractivity contribution in [1.29, 1.82) is 0 Å². The van der Waals surface area contributed by atoms with Gasteiger partial charge in [0.05, 0.1) is 6.54 Å². The molecule has 7 nitrogen and oxygen atoms in total. The smallest absolute Gasteiger partial charge is 0.421 e. The molecule has 0 spiro atoms. The van der Waals surface area contributed by atoms with E-state index in [1.807, 2.05) is 6.33 Å². The van der Waals surface area contributed by atoms with Crippen molar-refractivity contribution in [3.8, 4) is 0 Å². The Bertz CT molecular complexity index is 710. The third-order valence-electron chi connectivity index (χ3n) is 2.37. The molecule has 0 radical (unpaired) electrons. The Balaban J connectivity index is 0.000000496. The first kappa shape index (κ1) is 23.6. The van der Waals surface area contributed by atoms with Crippen LogP contribution < -0.4 is 4.57 Å². The lowest BCUT2D eigenvalue weighted by molar-refractivity contribution is -0.696. The summed E-state index contributed by atoms with van der Waals surface area (Å²) < 4.78 is 111. The first-order chi connectivity index (χ1) is 11.0. The quantitative estimate of drug-likeness (QED) is 0.585. The molecule has 1 aromatic rings. The van der Waals surface area contributed by atoms with E-state index >= 15 is 0 Å². The van der Waals surface area contributed by atoms with E-state index in [0.717, 1.165) is 10.7 Å². The number of imidazole rings is 1. The molecular formula is C10H15F6N3O4S2. The number of halogens is 6. The summed E-state index contributed by atoms with van der Waals surface area (Å²) in [5.74, 6) is 0. The van der Waals surface area contributed by atoms with Crippen LogP contribution in [-0.2, 0) is 26.6 Å². The second-order valence-corrected chi connectivity index (χ2v) is 8.02. The first-order valence-electron chi connectivity index (χ1n) is 6.44. The monoisotopic (exact) mass is 419 g/mol. The lowest BCUT2D eigenvalue weighted by atomic mass is 10.3. The topological polar surface area (TPSA) is 102 Å². The number of aromatic nitrogens is 2. The Hall–Kier alpha value is -1.35. The van der Waals surface area contributed by atoms with Crippen molar-refractivity contribution >= 4 is 20.0 Å². The van der Waals surface area contributed by atoms with Crippen LogP contribution in [0.3, 0.4) is 0 Å². The zero-order valence-corrected chi connectivity index (χ0v) is 14.5. The van der Waals surface area contributed by atoms with E-state index in [1.54, 1.807) is 0 Å². The number of unbranched alkanes of at least 4 members (excludes halogenated alkanes) is 1. The average Bonchev–Trinajstić information content (AvgIpc) is 2.79. The summed E-state index contributed by atoms with van der Waals surface area (Å²) in [6.07, 6.45) is 6.68. The summed E-state index contributed by atoms with van der Waals surface area (Å²) in [5, 5.41) is 0. The Labute approximate surface area is 140 Å². The van der Waals surface area contributed by atoms with Crippen LogP contribution >= 0.6 is 0 Å². The van der Waals surface area contributed by atoms with Crippen molar-refractivity contribution < 1.29 is 47.7 Å². The van der Waals surface area contributed by atoms with E-state index in [9.17, 15) is 43.2 Å². The van der Waals surface area contributed by atoms with Crippen molar-refractivity contribution in [3.63, 3.8) is 0 Å². The second-order valence-electron chi connectivity index (χ2n) is 4.59. The van der Waals surface area contributed by atoms with E-state index in [2.05, 4.69) is 29.6 Å². The second kappa shape index (κ2) is 8.35. The summed E-state index contributed by atoms with van der Waals surface area (Å²) >= 11 is 0. The number of aromatic amines is 1. The fourth-order valence-corrected chi connectivity index (χ4v) is 2.90. The van der Waals surface area contributed by atoms with Crippen LogP contribution in [0.2, 0.25) is 0 Å². The minimum Gasteiger partial charge on any atom is -0.421 e. The highest BCUT2D eigenvalue weighted by atomic mass is 32.3. The average molecular weight is 419 g/mol. The summed E-state index contributed by atoms with van der Waals surface area (Å²) in [6, 6.07) is 0. The van der Waals surface area contributed by atoms with E-state index in [4.69, 9.17) is 0 Å². The van der Waals surface area contributed by atoms with Gasteiger partial charge in [-0.15, -0.1) is 0 Å². The van der Waals surface area contributed by atoms with Gasteiger partial charge in [0.25, 0.3) is 0 Å². The summed E-state index contributed by atoms with van der Waals surface area (Å²) in [7, 11) is -13.4. The maximum Gasteiger partial charge on any atom is 0.480 e. The molecule has 0 aromatic carbocycles. The molecule has 0 atom stereocenters. The van der Waals surface area contributed by atoms with Gasteiger partial charge in [-0.25, -0.2) is 26.4 Å². The van der Waals surface area contributed by atoms with E-state index in [0.29, 0.717) is 0 Å². The van der Waals surface area contributed by atoms with Crippen molar-refractivity contribution in [3.05, 3.63) is 22.3 Å². The SMILES string of the molecule is CCCC[n+]1c[nH]c(C)c1.O=S(=O)([N-]S(=O)(=O)C(F)(F)F)C(F)(F)F. The Kier molecular flexibility index (Phi) is 7.90. The normalized spacial score (nSPS) is 13.3. The molecule has 0 saturated heterocycles. The maximum atomic E-state index is 11.4. The van der Waals surface area contributed by atoms with Crippen LogP contribution in [0.15, 0.2) is 12.5 Å². The molecule has 0 aliphatic carbocycles. The number of hydrogen-bond donors (Lipinski definition) is 1. The molecule has 1 heterocycles. The van der Waals surface area contributed by atoms with E-state index < -0.39 is 31.1 Å². The Morgan fingerprint density at radius 1 is 1.04 bits per heavy atom. The predicted molar refractivity (Wildman–Crippen MR) is 73.9 cm³/mol. The molecule has 1 N–H and O–H groups in total. The third-order valence-corrected chi connectivity index (χ3v) is 5.11. The van der Waals surface area contributed by atoms with E-state index in [-0.39, 0.29) is 0 Å². The van der Waals surface area contributed by atoms with Gasteiger partial charge in [-0.05, 0) is 6.42 Å². The Morgan fingerprint density at radius 2 is 1.48 bits per heavy atom. The molecule has 25 heavy (non-hydrogen) atoms. The minimum absolute atomic E-state index is 0.778. The van der Waals surface area contributed by atoms with E-state index in [1.165, 1.54) is 18.5 Å². The van der Waals surface area contributed by atoms with Crippen molar-refractivity contribution in [2.45, 2.75) is 44.3 Å². The number of nitrogens with zero attached hydrogens (tertiary/aromatic N) is 2. The number of rotatable bonds is 5. The zero-order valence-electron chi connectivity index (χ0n) is 12.9. The number of hydrogen-bond acceptors (Lipinski definition) is 4. The van der Waals surface area contributed by atoms with Gasteiger partial charge in [0.1, 0.15) is 11.9 Å². The number of alkyl halides is 6. The number of nitrogens with one attached hydrogen (secondary N) is 1. The molecule has 148 valence electrons. The zero-order chi connectivity index (χ0) is 20.1. The lowest BCUT2D eigenvalue weighted by Gasteiger charge is -2.22. The highest BCUT2D eigenvalue weighted by Crippen LogP contribution is 2.36. The number of H-pyrrole nitrogens is 1. The fraction of sp³-hybridized carbons (Fsp3) is 0.700. The maximum absolute atomic E-state index is 11.4. The van der Waals surface area contributed by atoms with Crippen LogP contribution in [0, 0.1) is 6.92 Å². The summed E-state index contributed by atoms with van der Waals surface area (Å²) in [4.78, 5) is 3.14. The largest absolute Gasteiger partial charge is 0.480 e. The van der Waals surface area contributed by atoms with Crippen LogP contribution in [0.1, 0.15) is 25.5 Å². The molecule has 0 amide bonds. The van der Waals surface area contributed by atoms with Gasteiger partial charge in [0.15, 0.2) is 20.0 Å². The minimum atomic E-state index is -6.72. The Morgan fingerprint density at radius 3 is 1.76 bits per heavy atom. The molecule has 0 unspecified atom stereocenters. The fourth-order valence-electron chi connectivity index (χ4n) is 1.19. The van der Waals surface area contributed by atoms with Gasteiger partial charge in [0, 0.05) is 6.92 Å². The molecule has 0 bridgehead atoms. The number of sulfonamides is 2. The van der Waals surface area contributed by atoms with Gasteiger partial charge in [-0.2, -0.15) is 26.3 Å². The predicted octanol–water partition coefficient (Wildman–Crippen LogP) is 2.47. The van der Waals surface area contributed by atoms with Gasteiger partial charge in [-0.3, -0.25) is 0 Å². The molecule has 15 heteroatoms. The molecule has 0 aliphatic heterocycles. The van der Waals surface area contributed by atoms with Gasteiger partial charge < -0.3 is 4.13 Å². The van der Waals surface area contributed by atoms with Crippen LogP contribution in [0.5, 0.6) is 0 Å². The van der Waals surface area contributed by atoms with Gasteiger partial charge in [0.2, 0.25) is 6.33 Å². The standard InChI is InChI=1S/C8H14N2.C2F6NO4S2/c1-3-4-5-10-6-8(2)9-7-10;3-1(4,5)14(10,11)9-15(12,13)2(6,7)8/h6-7H,3-5H2,1-2H3;/q;-1/p+1. The molecule has 0 aliphatic rings. The number of aryl methyl sites for hydroxylation is 2. The summed E-state index contributed by atoms with van der Waals surface area (Å²) in [6.45, 7) is 5.42. The van der Waals surface area contributed by atoms with Crippen LogP contribution in [0.25, 0.3) is 4.13 Å². The van der Waals surface area contributed by atoms with Crippen molar-refractivity contribution in [2.75, 3.05) is 0 Å². The van der Waals surface area contributed by atoms with Crippen LogP contribution in [-0.4, -0.2) is 32.8 Å². The molecule has 0 saturated carbocycles. The van der Waals surface area contributed by atoms with Crippen molar-refractivity contribution in [1.82, 2.24) is 4.98 Å². The lowest BCUT2D eigenvalue weighted by Crippen LogP contribution is -2.30. The molecule has 1 aromatic heterocycles. The first-order valence-corrected chi connectivity index (χ1v) is 9.32. The molecular weight excluding hydrogens is 404 g/mol. The van der Waals surface area contributed by atoms with Crippen molar-refractivity contribution in [2.24, 2.45) is 0 Å². The molecule has 1 rings (SSSR count). The van der Waals surface area contributed by atoms with Crippen LogP contribution in [0.4, 0.5) is 26.3 Å². The molecule has 0 fully saturated rings.